The van der Waals surface area contributed by atoms with Crippen LogP contribution in [0.2, 0.25) is 15.1 Å². The molecule has 0 radical (unpaired) electrons. The Bertz CT molecular complexity index is 662. The number of aromatic nitrogens is 3. The van der Waals surface area contributed by atoms with Crippen LogP contribution in [0.1, 0.15) is 16.2 Å². The van der Waals surface area contributed by atoms with Crippen molar-refractivity contribution in [2.45, 2.75) is 13.1 Å². The summed E-state index contributed by atoms with van der Waals surface area (Å²) in [6.07, 6.45) is 1.65. The Kier molecular flexibility index (Phi) is 3.58. The van der Waals surface area contributed by atoms with Crippen LogP contribution in [-0.2, 0) is 13.1 Å². The fourth-order valence-corrected chi connectivity index (χ4v) is 3.12. The summed E-state index contributed by atoms with van der Waals surface area (Å²) in [5.41, 5.74) is 0.269. The minimum Gasteiger partial charge on any atom is -0.329 e. The highest BCUT2D eigenvalue weighted by Crippen LogP contribution is 2.30. The molecule has 104 valence electrons. The molecule has 0 fully saturated rings. The predicted octanol–water partition coefficient (Wildman–Crippen LogP) is 2.89. The van der Waals surface area contributed by atoms with Gasteiger partial charge < -0.3 is 9.47 Å². The van der Waals surface area contributed by atoms with Crippen molar-refractivity contribution in [1.82, 2.24) is 19.7 Å². The summed E-state index contributed by atoms with van der Waals surface area (Å²) in [4.78, 5) is 14.2. The van der Waals surface area contributed by atoms with Gasteiger partial charge in [-0.05, 0) is 12.1 Å². The smallest absolute Gasteiger partial charge is 0.257 e. The Labute approximate surface area is 130 Å². The van der Waals surface area contributed by atoms with Gasteiger partial charge in [0.2, 0.25) is 0 Å². The average molecular weight is 332 g/mol. The zero-order valence-corrected chi connectivity index (χ0v) is 12.5. The first-order valence-electron chi connectivity index (χ1n) is 5.87. The molecule has 0 saturated carbocycles. The van der Waals surface area contributed by atoms with Crippen LogP contribution in [0.15, 0.2) is 18.5 Å². The third-order valence-corrected chi connectivity index (χ3v) is 3.96. The summed E-state index contributed by atoms with van der Waals surface area (Å²) in [7, 11) is 0. The Morgan fingerprint density at radius 1 is 1.15 bits per heavy atom. The second-order valence-corrected chi connectivity index (χ2v) is 5.66. The van der Waals surface area contributed by atoms with Crippen LogP contribution < -0.4 is 0 Å². The van der Waals surface area contributed by atoms with Crippen molar-refractivity contribution in [3.8, 4) is 0 Å². The van der Waals surface area contributed by atoms with E-state index in [1.165, 1.54) is 12.1 Å². The quantitative estimate of drug-likeness (QED) is 0.807. The molecule has 0 aliphatic carbocycles. The maximum atomic E-state index is 12.5. The standard InChI is InChI=1S/C12H9Cl3N4O/c13-7-3-8(14)11(9(15)4-7)12(20)18-1-2-19-6-16-17-10(19)5-18/h3-4,6H,1-2,5H2. The van der Waals surface area contributed by atoms with Crippen molar-refractivity contribution in [3.63, 3.8) is 0 Å². The predicted molar refractivity (Wildman–Crippen MR) is 76.2 cm³/mol. The van der Waals surface area contributed by atoms with Crippen LogP contribution in [0.25, 0.3) is 0 Å². The van der Waals surface area contributed by atoms with E-state index in [-0.39, 0.29) is 21.5 Å². The molecule has 0 atom stereocenters. The number of hydrogen-bond donors (Lipinski definition) is 0. The SMILES string of the molecule is O=C(c1c(Cl)cc(Cl)cc1Cl)N1CCn2cnnc2C1. The molecular formula is C12H9Cl3N4O. The zero-order valence-electron chi connectivity index (χ0n) is 10.2. The number of halogens is 3. The molecule has 2 aromatic rings. The van der Waals surface area contributed by atoms with E-state index < -0.39 is 0 Å². The van der Waals surface area contributed by atoms with Gasteiger partial charge in [-0.3, -0.25) is 4.79 Å². The van der Waals surface area contributed by atoms with E-state index in [1.54, 1.807) is 11.2 Å². The molecular weight excluding hydrogens is 323 g/mol. The minimum absolute atomic E-state index is 0.231. The van der Waals surface area contributed by atoms with Gasteiger partial charge in [0, 0.05) is 18.1 Å². The van der Waals surface area contributed by atoms with Gasteiger partial charge in [0.15, 0.2) is 5.82 Å². The average Bonchev–Trinajstić information content (AvgIpc) is 2.84. The molecule has 0 N–H and O–H groups in total. The largest absolute Gasteiger partial charge is 0.329 e. The molecule has 1 aliphatic rings. The number of fused-ring (bicyclic) bond motifs is 1. The molecule has 5 nitrogen and oxygen atoms in total. The van der Waals surface area contributed by atoms with Gasteiger partial charge >= 0.3 is 0 Å². The monoisotopic (exact) mass is 330 g/mol. The number of carbonyl (C=O) groups excluding carboxylic acids is 1. The number of benzene rings is 1. The van der Waals surface area contributed by atoms with E-state index in [1.807, 2.05) is 4.57 Å². The van der Waals surface area contributed by atoms with Crippen molar-refractivity contribution >= 4 is 40.7 Å². The summed E-state index contributed by atoms with van der Waals surface area (Å²) >= 11 is 18.0. The number of hydrogen-bond acceptors (Lipinski definition) is 3. The first-order chi connectivity index (χ1) is 9.56. The molecule has 0 spiro atoms. The minimum atomic E-state index is -0.231. The molecule has 1 aromatic heterocycles. The lowest BCUT2D eigenvalue weighted by Gasteiger charge is -2.27. The maximum Gasteiger partial charge on any atom is 0.257 e. The molecule has 1 aromatic carbocycles. The number of nitrogens with zero attached hydrogens (tertiary/aromatic N) is 4. The summed E-state index contributed by atoms with van der Waals surface area (Å²) in [6.45, 7) is 1.59. The van der Waals surface area contributed by atoms with Gasteiger partial charge in [0.1, 0.15) is 6.33 Å². The summed E-state index contributed by atoms with van der Waals surface area (Å²) in [5, 5.41) is 8.69. The van der Waals surface area contributed by atoms with E-state index >= 15 is 0 Å². The lowest BCUT2D eigenvalue weighted by atomic mass is 10.2. The fourth-order valence-electron chi connectivity index (χ4n) is 2.14. The molecule has 0 bridgehead atoms. The number of rotatable bonds is 1. The maximum absolute atomic E-state index is 12.5. The Balaban J connectivity index is 1.91. The number of amides is 1. The molecule has 3 rings (SSSR count). The van der Waals surface area contributed by atoms with Crippen molar-refractivity contribution in [2.75, 3.05) is 6.54 Å². The Hall–Kier alpha value is -1.30. The van der Waals surface area contributed by atoms with Crippen LogP contribution in [-0.4, -0.2) is 32.1 Å². The van der Waals surface area contributed by atoms with Gasteiger partial charge in [-0.15, -0.1) is 10.2 Å². The van der Waals surface area contributed by atoms with Crippen molar-refractivity contribution < 1.29 is 4.79 Å². The molecule has 0 unspecified atom stereocenters. The van der Waals surface area contributed by atoms with Crippen LogP contribution in [0.4, 0.5) is 0 Å². The lowest BCUT2D eigenvalue weighted by Crippen LogP contribution is -2.38. The first-order valence-corrected chi connectivity index (χ1v) is 7.00. The van der Waals surface area contributed by atoms with E-state index in [9.17, 15) is 4.79 Å². The van der Waals surface area contributed by atoms with Gasteiger partial charge in [0.25, 0.3) is 5.91 Å². The summed E-state index contributed by atoms with van der Waals surface area (Å²) in [5.74, 6) is 0.511. The van der Waals surface area contributed by atoms with Crippen molar-refractivity contribution in [1.29, 1.82) is 0 Å². The highest BCUT2D eigenvalue weighted by Gasteiger charge is 2.26. The summed E-state index contributed by atoms with van der Waals surface area (Å²) < 4.78 is 1.91. The van der Waals surface area contributed by atoms with Gasteiger partial charge in [-0.2, -0.15) is 0 Å². The van der Waals surface area contributed by atoms with Crippen LogP contribution in [0.3, 0.4) is 0 Å². The second kappa shape index (κ2) is 5.24. The van der Waals surface area contributed by atoms with E-state index in [4.69, 9.17) is 34.8 Å². The third kappa shape index (κ3) is 2.37. The lowest BCUT2D eigenvalue weighted by molar-refractivity contribution is 0.0708. The second-order valence-electron chi connectivity index (χ2n) is 4.41. The molecule has 1 aliphatic heterocycles. The van der Waals surface area contributed by atoms with Crippen molar-refractivity contribution in [2.24, 2.45) is 0 Å². The molecule has 0 saturated heterocycles. The molecule has 2 heterocycles. The normalized spacial score (nSPS) is 14.2. The Morgan fingerprint density at radius 3 is 2.55 bits per heavy atom. The van der Waals surface area contributed by atoms with E-state index in [0.29, 0.717) is 24.7 Å². The molecule has 8 heteroatoms. The Morgan fingerprint density at radius 2 is 1.85 bits per heavy atom. The van der Waals surface area contributed by atoms with Crippen LogP contribution in [0, 0.1) is 0 Å². The highest BCUT2D eigenvalue weighted by atomic mass is 35.5. The fraction of sp³-hybridized carbons (Fsp3) is 0.250. The number of carbonyl (C=O) groups is 1. The van der Waals surface area contributed by atoms with Gasteiger partial charge in [-0.25, -0.2) is 0 Å². The zero-order chi connectivity index (χ0) is 14.3. The first kappa shape index (κ1) is 13.7. The molecule has 1 amide bonds. The van der Waals surface area contributed by atoms with E-state index in [0.717, 1.165) is 5.82 Å². The van der Waals surface area contributed by atoms with Crippen LogP contribution in [0.5, 0.6) is 0 Å². The van der Waals surface area contributed by atoms with E-state index in [2.05, 4.69) is 10.2 Å². The molecule has 20 heavy (non-hydrogen) atoms. The van der Waals surface area contributed by atoms with Crippen molar-refractivity contribution in [3.05, 3.63) is 44.9 Å². The summed E-state index contributed by atoms with van der Waals surface area (Å²) in [6, 6.07) is 3.02. The van der Waals surface area contributed by atoms with Gasteiger partial charge in [-0.1, -0.05) is 34.8 Å². The third-order valence-electron chi connectivity index (χ3n) is 3.15. The van der Waals surface area contributed by atoms with Gasteiger partial charge in [0.05, 0.1) is 22.2 Å². The topological polar surface area (TPSA) is 51.0 Å². The van der Waals surface area contributed by atoms with Crippen LogP contribution >= 0.6 is 34.8 Å². The highest BCUT2D eigenvalue weighted by molar-refractivity contribution is 6.42.